The minimum absolute atomic E-state index is 0.0191. The fourth-order valence-corrected chi connectivity index (χ4v) is 7.47. The first kappa shape index (κ1) is 28.1. The topological polar surface area (TPSA) is 88.4 Å². The van der Waals surface area contributed by atoms with Crippen LogP contribution in [0.15, 0.2) is 88.9 Å². The quantitative estimate of drug-likeness (QED) is 0.245. The van der Waals surface area contributed by atoms with Crippen molar-refractivity contribution >= 4 is 33.4 Å². The third-order valence-corrected chi connectivity index (χ3v) is 10.1. The van der Waals surface area contributed by atoms with Crippen LogP contribution in [0, 0.1) is 0 Å². The second kappa shape index (κ2) is 12.0. The van der Waals surface area contributed by atoms with Crippen molar-refractivity contribution in [2.24, 2.45) is 0 Å². The fourth-order valence-electron chi connectivity index (χ4n) is 5.17. The zero-order valence-corrected chi connectivity index (χ0v) is 24.5. The Bertz CT molecular complexity index is 1600. The number of nitrogens with zero attached hydrogens (tertiary/aromatic N) is 5. The van der Waals surface area contributed by atoms with Crippen molar-refractivity contribution in [1.29, 1.82) is 0 Å². The average Bonchev–Trinajstić information content (AvgIpc) is 3.52. The molecule has 2 heterocycles. The summed E-state index contributed by atoms with van der Waals surface area (Å²) >= 11 is 1.35. The SMILES string of the molecule is CCN(CC)S(=O)(=O)c1cccc(-c2nnc(SCC(=O)N3c4ccccc4CC3C)n2Cc2ccccc2)c1. The molecule has 0 saturated heterocycles. The molecule has 4 aromatic rings. The molecule has 0 aliphatic carbocycles. The summed E-state index contributed by atoms with van der Waals surface area (Å²) in [5.41, 5.74) is 3.85. The van der Waals surface area contributed by atoms with Gasteiger partial charge in [0.1, 0.15) is 0 Å². The number of carbonyl (C=O) groups excluding carboxylic acids is 1. The Morgan fingerprint density at radius 1 is 0.975 bits per heavy atom. The van der Waals surface area contributed by atoms with E-state index < -0.39 is 10.0 Å². The Labute approximate surface area is 240 Å². The van der Waals surface area contributed by atoms with Gasteiger partial charge >= 0.3 is 0 Å². The van der Waals surface area contributed by atoms with Crippen LogP contribution in [0.1, 0.15) is 31.9 Å². The Kier molecular flexibility index (Phi) is 8.39. The maximum absolute atomic E-state index is 13.4. The number of carbonyl (C=O) groups is 1. The van der Waals surface area contributed by atoms with Crippen molar-refractivity contribution in [1.82, 2.24) is 19.1 Å². The lowest BCUT2D eigenvalue weighted by Gasteiger charge is -2.22. The molecule has 0 N–H and O–H groups in total. The first-order valence-corrected chi connectivity index (χ1v) is 15.9. The highest BCUT2D eigenvalue weighted by Crippen LogP contribution is 2.33. The van der Waals surface area contributed by atoms with Crippen molar-refractivity contribution in [3.63, 3.8) is 0 Å². The van der Waals surface area contributed by atoms with E-state index in [1.165, 1.54) is 21.6 Å². The predicted octanol–water partition coefficient (Wildman–Crippen LogP) is 5.09. The van der Waals surface area contributed by atoms with Crippen LogP contribution >= 0.6 is 11.8 Å². The highest BCUT2D eigenvalue weighted by atomic mass is 32.2. The lowest BCUT2D eigenvalue weighted by molar-refractivity contribution is -0.116. The molecule has 1 aliphatic heterocycles. The van der Waals surface area contributed by atoms with E-state index in [1.807, 2.05) is 77.9 Å². The van der Waals surface area contributed by atoms with E-state index in [9.17, 15) is 13.2 Å². The summed E-state index contributed by atoms with van der Waals surface area (Å²) in [6, 6.07) is 24.9. The van der Waals surface area contributed by atoms with E-state index >= 15 is 0 Å². The lowest BCUT2D eigenvalue weighted by Crippen LogP contribution is -2.37. The molecule has 0 radical (unpaired) electrons. The maximum atomic E-state index is 13.4. The average molecular weight is 576 g/mol. The smallest absolute Gasteiger partial charge is 0.243 e. The van der Waals surface area contributed by atoms with Crippen LogP contribution in [-0.2, 0) is 27.8 Å². The number of anilines is 1. The van der Waals surface area contributed by atoms with Crippen molar-refractivity contribution in [3.8, 4) is 11.4 Å². The standard InChI is InChI=1S/C30H33N5O3S2/c1-4-33(5-2)40(37,38)26-16-11-15-25(19-26)29-31-32-30(34(29)20-23-12-7-6-8-13-23)39-21-28(36)35-22(3)18-24-14-9-10-17-27(24)35/h6-17,19,22H,4-5,18,20-21H2,1-3H3. The Hall–Kier alpha value is -3.47. The molecule has 1 atom stereocenters. The summed E-state index contributed by atoms with van der Waals surface area (Å²) in [6.07, 6.45) is 0.841. The second-order valence-corrected chi connectivity index (χ2v) is 12.6. The summed E-state index contributed by atoms with van der Waals surface area (Å²) in [7, 11) is -3.64. The van der Waals surface area contributed by atoms with Gasteiger partial charge in [0.25, 0.3) is 0 Å². The molecule has 10 heteroatoms. The van der Waals surface area contributed by atoms with E-state index in [4.69, 9.17) is 0 Å². The normalized spacial score (nSPS) is 15.0. The summed E-state index contributed by atoms with van der Waals surface area (Å²) in [4.78, 5) is 15.5. The van der Waals surface area contributed by atoms with E-state index in [0.29, 0.717) is 36.2 Å². The number of benzene rings is 3. The maximum Gasteiger partial charge on any atom is 0.243 e. The number of rotatable bonds is 10. The highest BCUT2D eigenvalue weighted by molar-refractivity contribution is 7.99. The molecule has 0 fully saturated rings. The number of hydrogen-bond donors (Lipinski definition) is 0. The number of fused-ring (bicyclic) bond motifs is 1. The van der Waals surface area contributed by atoms with Crippen molar-refractivity contribution in [3.05, 3.63) is 90.0 Å². The molecule has 208 valence electrons. The molecule has 0 spiro atoms. The van der Waals surface area contributed by atoms with Crippen molar-refractivity contribution < 1.29 is 13.2 Å². The van der Waals surface area contributed by atoms with Crippen molar-refractivity contribution in [2.75, 3.05) is 23.7 Å². The number of amides is 1. The first-order chi connectivity index (χ1) is 19.3. The van der Waals surface area contributed by atoms with Gasteiger partial charge in [-0.1, -0.05) is 86.3 Å². The lowest BCUT2D eigenvalue weighted by atomic mass is 10.1. The largest absolute Gasteiger partial charge is 0.308 e. The number of thioether (sulfide) groups is 1. The molecule has 1 amide bonds. The zero-order chi connectivity index (χ0) is 28.3. The van der Waals surface area contributed by atoms with Gasteiger partial charge in [-0.15, -0.1) is 10.2 Å². The number of aromatic nitrogens is 3. The van der Waals surface area contributed by atoms with Gasteiger partial charge in [-0.05, 0) is 42.7 Å². The minimum Gasteiger partial charge on any atom is -0.308 e. The van der Waals surface area contributed by atoms with E-state index in [1.54, 1.807) is 18.2 Å². The van der Waals surface area contributed by atoms with Crippen LogP contribution in [-0.4, -0.2) is 58.3 Å². The zero-order valence-electron chi connectivity index (χ0n) is 22.9. The van der Waals surface area contributed by atoms with Gasteiger partial charge < -0.3 is 4.90 Å². The molecule has 3 aromatic carbocycles. The second-order valence-electron chi connectivity index (χ2n) is 9.73. The van der Waals surface area contributed by atoms with Crippen LogP contribution in [0.2, 0.25) is 0 Å². The molecule has 0 bridgehead atoms. The molecular formula is C30H33N5O3S2. The summed E-state index contributed by atoms with van der Waals surface area (Å²) in [5, 5.41) is 9.53. The van der Waals surface area contributed by atoms with Crippen LogP contribution in [0.4, 0.5) is 5.69 Å². The fraction of sp³-hybridized carbons (Fsp3) is 0.300. The third-order valence-electron chi connectivity index (χ3n) is 7.14. The molecular weight excluding hydrogens is 542 g/mol. The molecule has 1 aliphatic rings. The summed E-state index contributed by atoms with van der Waals surface area (Å²) in [6.45, 7) is 6.99. The van der Waals surface area contributed by atoms with Gasteiger partial charge in [-0.25, -0.2) is 8.42 Å². The van der Waals surface area contributed by atoms with Gasteiger partial charge in [0.05, 0.1) is 17.2 Å². The summed E-state index contributed by atoms with van der Waals surface area (Å²) < 4.78 is 29.8. The van der Waals surface area contributed by atoms with E-state index in [0.717, 1.165) is 17.7 Å². The van der Waals surface area contributed by atoms with Gasteiger partial charge in [0.2, 0.25) is 15.9 Å². The number of hydrogen-bond acceptors (Lipinski definition) is 6. The third kappa shape index (κ3) is 5.56. The molecule has 40 heavy (non-hydrogen) atoms. The van der Waals surface area contributed by atoms with Gasteiger partial charge in [-0.3, -0.25) is 9.36 Å². The number of para-hydroxylation sites is 1. The Balaban J connectivity index is 1.46. The van der Waals surface area contributed by atoms with E-state index in [-0.39, 0.29) is 22.6 Å². The first-order valence-electron chi connectivity index (χ1n) is 13.4. The molecule has 1 unspecified atom stereocenters. The van der Waals surface area contributed by atoms with Crippen LogP contribution in [0.25, 0.3) is 11.4 Å². The summed E-state index contributed by atoms with van der Waals surface area (Å²) in [5.74, 6) is 0.781. The van der Waals surface area contributed by atoms with Crippen LogP contribution < -0.4 is 4.90 Å². The van der Waals surface area contributed by atoms with Gasteiger partial charge in [0.15, 0.2) is 11.0 Å². The predicted molar refractivity (Wildman–Crippen MR) is 159 cm³/mol. The minimum atomic E-state index is -3.64. The monoisotopic (exact) mass is 575 g/mol. The van der Waals surface area contributed by atoms with E-state index in [2.05, 4.69) is 23.2 Å². The molecule has 5 rings (SSSR count). The molecule has 8 nitrogen and oxygen atoms in total. The molecule has 0 saturated carbocycles. The Morgan fingerprint density at radius 2 is 1.70 bits per heavy atom. The van der Waals surface area contributed by atoms with Crippen LogP contribution in [0.3, 0.4) is 0 Å². The number of sulfonamides is 1. The highest BCUT2D eigenvalue weighted by Gasteiger charge is 2.31. The van der Waals surface area contributed by atoms with Gasteiger partial charge in [-0.2, -0.15) is 4.31 Å². The molecule has 1 aromatic heterocycles. The van der Waals surface area contributed by atoms with Gasteiger partial charge in [0, 0.05) is 30.4 Å². The Morgan fingerprint density at radius 3 is 2.45 bits per heavy atom. The van der Waals surface area contributed by atoms with Crippen LogP contribution in [0.5, 0.6) is 0 Å². The van der Waals surface area contributed by atoms with Crippen molar-refractivity contribution in [2.45, 2.75) is 49.8 Å².